The minimum atomic E-state index is -0.548. The van der Waals surface area contributed by atoms with E-state index in [2.05, 4.69) is 5.16 Å². The van der Waals surface area contributed by atoms with E-state index in [1.807, 2.05) is 37.3 Å². The monoisotopic (exact) mass is 309 g/mol. The summed E-state index contributed by atoms with van der Waals surface area (Å²) in [5.41, 5.74) is 8.26. The standard InChI is InChI=1S/C17H15N3O3/c1-11-5-2-3-8-14(11)16-19-23-17(22)20(16)10-12-6-4-7-13(9-12)15(18)21/h2-9H,10H2,1H3,(H2,18,21). The molecule has 23 heavy (non-hydrogen) atoms. The zero-order chi connectivity index (χ0) is 16.4. The molecule has 1 aromatic heterocycles. The summed E-state index contributed by atoms with van der Waals surface area (Å²) in [6.45, 7) is 2.18. The highest BCUT2D eigenvalue weighted by molar-refractivity contribution is 5.92. The molecule has 0 atom stereocenters. The molecule has 0 saturated heterocycles. The third kappa shape index (κ3) is 2.91. The SMILES string of the molecule is Cc1ccccc1-c1noc(=O)n1Cc1cccc(C(N)=O)c1. The average molecular weight is 309 g/mol. The van der Waals surface area contributed by atoms with Crippen molar-refractivity contribution in [1.82, 2.24) is 9.72 Å². The van der Waals surface area contributed by atoms with Gasteiger partial charge >= 0.3 is 5.76 Å². The number of benzene rings is 2. The summed E-state index contributed by atoms with van der Waals surface area (Å²) in [5.74, 6) is -0.603. The highest BCUT2D eigenvalue weighted by atomic mass is 16.5. The van der Waals surface area contributed by atoms with Crippen molar-refractivity contribution in [2.24, 2.45) is 5.73 Å². The molecule has 2 N–H and O–H groups in total. The number of amides is 1. The number of hydrogen-bond donors (Lipinski definition) is 1. The third-order valence-electron chi connectivity index (χ3n) is 3.62. The molecule has 0 bridgehead atoms. The minimum Gasteiger partial charge on any atom is -0.366 e. The summed E-state index contributed by atoms with van der Waals surface area (Å²) in [4.78, 5) is 23.3. The lowest BCUT2D eigenvalue weighted by Gasteiger charge is -2.07. The van der Waals surface area contributed by atoms with E-state index in [9.17, 15) is 9.59 Å². The lowest BCUT2D eigenvalue weighted by atomic mass is 10.1. The number of primary amides is 1. The van der Waals surface area contributed by atoms with Crippen LogP contribution in [0.25, 0.3) is 11.4 Å². The van der Waals surface area contributed by atoms with Crippen molar-refractivity contribution in [3.8, 4) is 11.4 Å². The molecule has 0 unspecified atom stereocenters. The summed E-state index contributed by atoms with van der Waals surface area (Å²) in [6, 6.07) is 14.4. The van der Waals surface area contributed by atoms with Crippen LogP contribution in [-0.4, -0.2) is 15.6 Å². The van der Waals surface area contributed by atoms with Crippen LogP contribution in [0, 0.1) is 6.92 Å². The third-order valence-corrected chi connectivity index (χ3v) is 3.62. The second-order valence-corrected chi connectivity index (χ2v) is 5.24. The van der Waals surface area contributed by atoms with E-state index in [0.717, 1.165) is 16.7 Å². The Morgan fingerprint density at radius 1 is 1.22 bits per heavy atom. The van der Waals surface area contributed by atoms with E-state index < -0.39 is 11.7 Å². The summed E-state index contributed by atoms with van der Waals surface area (Å²) >= 11 is 0. The van der Waals surface area contributed by atoms with Crippen LogP contribution in [0.3, 0.4) is 0 Å². The second kappa shape index (κ2) is 5.92. The van der Waals surface area contributed by atoms with Crippen molar-refractivity contribution in [2.75, 3.05) is 0 Å². The first-order valence-corrected chi connectivity index (χ1v) is 7.07. The Kier molecular flexibility index (Phi) is 3.80. The van der Waals surface area contributed by atoms with Gasteiger partial charge in [0.1, 0.15) is 0 Å². The smallest absolute Gasteiger partial charge is 0.366 e. The summed E-state index contributed by atoms with van der Waals surface area (Å²) in [6.07, 6.45) is 0. The maximum absolute atomic E-state index is 12.0. The molecule has 0 aliphatic rings. The Morgan fingerprint density at radius 3 is 2.74 bits per heavy atom. The molecular weight excluding hydrogens is 294 g/mol. The van der Waals surface area contributed by atoms with Gasteiger partial charge in [-0.1, -0.05) is 41.6 Å². The van der Waals surface area contributed by atoms with Crippen molar-refractivity contribution in [2.45, 2.75) is 13.5 Å². The first-order valence-electron chi connectivity index (χ1n) is 7.07. The predicted molar refractivity (Wildman–Crippen MR) is 85.0 cm³/mol. The molecule has 3 aromatic rings. The molecule has 0 aliphatic carbocycles. The fraction of sp³-hybridized carbons (Fsp3) is 0.118. The van der Waals surface area contributed by atoms with Crippen molar-refractivity contribution in [1.29, 1.82) is 0 Å². The summed E-state index contributed by atoms with van der Waals surface area (Å²) in [7, 11) is 0. The highest BCUT2D eigenvalue weighted by Gasteiger charge is 2.15. The Labute approximate surface area is 132 Å². The number of nitrogens with two attached hydrogens (primary N) is 1. The van der Waals surface area contributed by atoms with E-state index in [-0.39, 0.29) is 6.54 Å². The Hall–Kier alpha value is -3.15. The van der Waals surface area contributed by atoms with E-state index in [1.165, 1.54) is 4.57 Å². The largest absolute Gasteiger partial charge is 0.442 e. The van der Waals surface area contributed by atoms with Gasteiger partial charge in [-0.05, 0) is 30.2 Å². The summed E-state index contributed by atoms with van der Waals surface area (Å²) in [5, 5.41) is 3.88. The zero-order valence-corrected chi connectivity index (χ0v) is 12.5. The number of nitrogens with zero attached hydrogens (tertiary/aromatic N) is 2. The Bertz CT molecular complexity index is 925. The number of hydrogen-bond acceptors (Lipinski definition) is 4. The number of rotatable bonds is 4. The molecule has 0 aliphatic heterocycles. The number of aromatic nitrogens is 2. The van der Waals surface area contributed by atoms with Gasteiger partial charge in [-0.3, -0.25) is 13.9 Å². The van der Waals surface area contributed by atoms with Crippen LogP contribution in [0.4, 0.5) is 0 Å². The van der Waals surface area contributed by atoms with Gasteiger partial charge in [-0.25, -0.2) is 4.79 Å². The van der Waals surface area contributed by atoms with Crippen LogP contribution in [0.2, 0.25) is 0 Å². The molecule has 1 heterocycles. The molecule has 2 aromatic carbocycles. The van der Waals surface area contributed by atoms with Crippen LogP contribution in [0.1, 0.15) is 21.5 Å². The molecular formula is C17H15N3O3. The first-order chi connectivity index (χ1) is 11.1. The van der Waals surface area contributed by atoms with E-state index in [4.69, 9.17) is 10.3 Å². The Morgan fingerprint density at radius 2 is 2.00 bits per heavy atom. The lowest BCUT2D eigenvalue weighted by Crippen LogP contribution is -2.17. The summed E-state index contributed by atoms with van der Waals surface area (Å²) < 4.78 is 6.25. The van der Waals surface area contributed by atoms with Gasteiger partial charge < -0.3 is 5.73 Å². The van der Waals surface area contributed by atoms with Crippen LogP contribution in [0.15, 0.2) is 57.8 Å². The van der Waals surface area contributed by atoms with Crippen LogP contribution >= 0.6 is 0 Å². The number of carbonyl (C=O) groups excluding carboxylic acids is 1. The molecule has 0 radical (unpaired) electrons. The molecule has 1 amide bonds. The van der Waals surface area contributed by atoms with Crippen LogP contribution in [0.5, 0.6) is 0 Å². The lowest BCUT2D eigenvalue weighted by molar-refractivity contribution is 0.1000. The first kappa shape index (κ1) is 14.8. The minimum absolute atomic E-state index is 0.243. The highest BCUT2D eigenvalue weighted by Crippen LogP contribution is 2.21. The zero-order valence-electron chi connectivity index (χ0n) is 12.5. The van der Waals surface area contributed by atoms with Crippen LogP contribution < -0.4 is 11.5 Å². The van der Waals surface area contributed by atoms with Gasteiger partial charge in [0.25, 0.3) is 0 Å². The second-order valence-electron chi connectivity index (χ2n) is 5.24. The van der Waals surface area contributed by atoms with E-state index >= 15 is 0 Å². The fourth-order valence-corrected chi connectivity index (χ4v) is 2.43. The topological polar surface area (TPSA) is 91.1 Å². The Balaban J connectivity index is 2.03. The van der Waals surface area contributed by atoms with Crippen molar-refractivity contribution in [3.05, 3.63) is 75.8 Å². The molecule has 6 heteroatoms. The number of aryl methyl sites for hydroxylation is 1. The quantitative estimate of drug-likeness (QED) is 0.797. The predicted octanol–water partition coefficient (Wildman–Crippen LogP) is 1.96. The average Bonchev–Trinajstić information content (AvgIpc) is 2.89. The maximum Gasteiger partial charge on any atom is 0.442 e. The van der Waals surface area contributed by atoms with Gasteiger partial charge in [0.2, 0.25) is 5.91 Å². The molecule has 0 spiro atoms. The van der Waals surface area contributed by atoms with Crippen molar-refractivity contribution in [3.63, 3.8) is 0 Å². The van der Waals surface area contributed by atoms with Gasteiger partial charge in [0.15, 0.2) is 5.82 Å². The molecule has 0 fully saturated rings. The fourth-order valence-electron chi connectivity index (χ4n) is 2.43. The molecule has 3 rings (SSSR count). The van der Waals surface area contributed by atoms with E-state index in [1.54, 1.807) is 18.2 Å². The number of carbonyl (C=O) groups is 1. The van der Waals surface area contributed by atoms with Crippen molar-refractivity contribution < 1.29 is 9.32 Å². The van der Waals surface area contributed by atoms with Gasteiger partial charge in [0.05, 0.1) is 6.54 Å². The van der Waals surface area contributed by atoms with Gasteiger partial charge in [-0.2, -0.15) is 0 Å². The van der Waals surface area contributed by atoms with Crippen molar-refractivity contribution >= 4 is 5.91 Å². The van der Waals surface area contributed by atoms with E-state index in [0.29, 0.717) is 11.4 Å². The molecule has 0 saturated carbocycles. The van der Waals surface area contributed by atoms with Gasteiger partial charge in [0, 0.05) is 11.1 Å². The normalized spacial score (nSPS) is 10.7. The van der Waals surface area contributed by atoms with Crippen LogP contribution in [-0.2, 0) is 6.54 Å². The molecule has 116 valence electrons. The van der Waals surface area contributed by atoms with Gasteiger partial charge in [-0.15, -0.1) is 0 Å². The molecule has 6 nitrogen and oxygen atoms in total. The maximum atomic E-state index is 12.0.